The van der Waals surface area contributed by atoms with Crippen LogP contribution in [0.25, 0.3) is 23.0 Å². The van der Waals surface area contributed by atoms with Crippen molar-refractivity contribution in [1.82, 2.24) is 25.1 Å². The van der Waals surface area contributed by atoms with Crippen LogP contribution in [0.2, 0.25) is 0 Å². The average Bonchev–Trinajstić information content (AvgIpc) is 3.76. The fourth-order valence-corrected chi connectivity index (χ4v) is 7.00. The largest absolute Gasteiger partial charge is 0.444 e. The van der Waals surface area contributed by atoms with Crippen molar-refractivity contribution in [3.05, 3.63) is 36.0 Å². The Kier molecular flexibility index (Phi) is 11.5. The van der Waals surface area contributed by atoms with Crippen LogP contribution in [0, 0.1) is 11.8 Å². The molecule has 1 aliphatic carbocycles. The monoisotopic (exact) mass is 785 g/mol. The van der Waals surface area contributed by atoms with Gasteiger partial charge in [0.05, 0.1) is 18.6 Å². The van der Waals surface area contributed by atoms with Crippen LogP contribution >= 0.6 is 0 Å². The van der Waals surface area contributed by atoms with E-state index < -0.39 is 51.3 Å². The lowest BCUT2D eigenvalue weighted by atomic mass is 10.00. The molecule has 300 valence electrons. The number of aromatic nitrogens is 4. The molecule has 1 saturated heterocycles. The second-order valence-electron chi connectivity index (χ2n) is 16.9. The summed E-state index contributed by atoms with van der Waals surface area (Å²) in [5.74, 6) is 0.152. The number of carbonyl (C=O) groups excluding carboxylic acids is 3. The standard InChI is InChI=1S/C37H51N7O10S/c1-35(2,3)51-32(45)42(10)19-22-12-14-23(15-13-22)30-40-41-31(50-30)28-29(44(33(46)52-36(4,5)6)34(47)53-37(7,8)9)38-18-27(39-28)43-20-24-16-17-26(25(24)21-43)54-55(11,48)49/h12-15,18,24-26H,16-17,19-21H2,1-11H3. The highest BCUT2D eigenvalue weighted by molar-refractivity contribution is 7.86. The van der Waals surface area contributed by atoms with Gasteiger partial charge >= 0.3 is 18.3 Å². The van der Waals surface area contributed by atoms with Crippen molar-refractivity contribution >= 4 is 40.0 Å². The van der Waals surface area contributed by atoms with Crippen LogP contribution in [0.3, 0.4) is 0 Å². The van der Waals surface area contributed by atoms with Crippen molar-refractivity contribution in [3.63, 3.8) is 0 Å². The molecule has 18 heteroatoms. The van der Waals surface area contributed by atoms with Gasteiger partial charge < -0.3 is 28.4 Å². The number of hydrogen-bond donors (Lipinski definition) is 0. The summed E-state index contributed by atoms with van der Waals surface area (Å²) in [6, 6.07) is 7.13. The SMILES string of the molecule is CN(Cc1ccc(-c2nnc(-c3nc(N4CC5CCC(OS(C)(=O)=O)C5C4)cnc3N(C(=O)OC(C)(C)C)C(=O)OC(C)(C)C)o2)cc1)C(=O)OC(C)(C)C. The molecule has 5 rings (SSSR count). The number of rotatable bonds is 8. The van der Waals surface area contributed by atoms with Crippen LogP contribution in [0.5, 0.6) is 0 Å². The molecule has 0 radical (unpaired) electrons. The lowest BCUT2D eigenvalue weighted by Crippen LogP contribution is -2.44. The van der Waals surface area contributed by atoms with Gasteiger partial charge in [0, 0.05) is 38.2 Å². The molecule has 1 aromatic carbocycles. The van der Waals surface area contributed by atoms with Crippen LogP contribution in [0.1, 0.15) is 80.7 Å². The second-order valence-corrected chi connectivity index (χ2v) is 18.5. The molecular formula is C37H51N7O10S. The predicted octanol–water partition coefficient (Wildman–Crippen LogP) is 6.43. The van der Waals surface area contributed by atoms with Gasteiger partial charge in [0.1, 0.15) is 22.6 Å². The van der Waals surface area contributed by atoms with Crippen LogP contribution in [0.15, 0.2) is 34.9 Å². The topological polar surface area (TPSA) is 197 Å². The van der Waals surface area contributed by atoms with Gasteiger partial charge in [0.15, 0.2) is 11.5 Å². The average molecular weight is 786 g/mol. The van der Waals surface area contributed by atoms with Crippen molar-refractivity contribution in [2.75, 3.05) is 36.2 Å². The Morgan fingerprint density at radius 3 is 1.96 bits per heavy atom. The summed E-state index contributed by atoms with van der Waals surface area (Å²) in [5, 5.41) is 8.50. The fraction of sp³-hybridized carbons (Fsp3) is 0.595. The third-order valence-corrected chi connectivity index (χ3v) is 9.07. The summed E-state index contributed by atoms with van der Waals surface area (Å²) in [5.41, 5.74) is -1.33. The summed E-state index contributed by atoms with van der Waals surface area (Å²) in [4.78, 5) is 53.3. The van der Waals surface area contributed by atoms with Gasteiger partial charge in [0.25, 0.3) is 16.0 Å². The highest BCUT2D eigenvalue weighted by atomic mass is 32.2. The number of fused-ring (bicyclic) bond motifs is 1. The first-order valence-electron chi connectivity index (χ1n) is 18.0. The quantitative estimate of drug-likeness (QED) is 0.179. The molecule has 3 atom stereocenters. The van der Waals surface area contributed by atoms with E-state index in [9.17, 15) is 22.8 Å². The molecule has 3 unspecified atom stereocenters. The summed E-state index contributed by atoms with van der Waals surface area (Å²) >= 11 is 0. The van der Waals surface area contributed by atoms with Crippen molar-refractivity contribution in [3.8, 4) is 23.0 Å². The van der Waals surface area contributed by atoms with Gasteiger partial charge in [-0.3, -0.25) is 4.18 Å². The second kappa shape index (κ2) is 15.4. The molecule has 55 heavy (non-hydrogen) atoms. The number of carbonyl (C=O) groups is 3. The fourth-order valence-electron chi connectivity index (χ4n) is 6.31. The molecule has 1 saturated carbocycles. The first-order valence-corrected chi connectivity index (χ1v) is 19.8. The minimum absolute atomic E-state index is 0.0680. The van der Waals surface area contributed by atoms with Gasteiger partial charge in [-0.15, -0.1) is 10.2 Å². The zero-order chi connectivity index (χ0) is 40.7. The number of anilines is 2. The van der Waals surface area contributed by atoms with E-state index in [1.54, 1.807) is 81.5 Å². The van der Waals surface area contributed by atoms with Gasteiger partial charge in [-0.1, -0.05) is 12.1 Å². The Hall–Kier alpha value is -4.84. The molecule has 2 aliphatic rings. The van der Waals surface area contributed by atoms with Crippen LogP contribution in [-0.2, 0) is 35.1 Å². The minimum atomic E-state index is -3.65. The number of hydrogen-bond acceptors (Lipinski definition) is 15. The molecule has 0 N–H and O–H groups in total. The molecular weight excluding hydrogens is 735 g/mol. The number of amides is 3. The summed E-state index contributed by atoms with van der Waals surface area (Å²) in [6.45, 7) is 16.6. The third kappa shape index (κ3) is 10.9. The first kappa shape index (κ1) is 41.3. The molecule has 17 nitrogen and oxygen atoms in total. The van der Waals surface area contributed by atoms with Crippen molar-refractivity contribution in [2.45, 2.75) is 105 Å². The lowest BCUT2D eigenvalue weighted by molar-refractivity contribution is 0.0283. The highest BCUT2D eigenvalue weighted by Crippen LogP contribution is 2.42. The predicted molar refractivity (Wildman–Crippen MR) is 202 cm³/mol. The van der Waals surface area contributed by atoms with Crippen LogP contribution in [-0.4, -0.2) is 101 Å². The molecule has 1 aliphatic heterocycles. The van der Waals surface area contributed by atoms with E-state index in [2.05, 4.69) is 15.2 Å². The zero-order valence-corrected chi connectivity index (χ0v) is 34.1. The maximum absolute atomic E-state index is 13.7. The van der Waals surface area contributed by atoms with Gasteiger partial charge in [-0.2, -0.15) is 13.3 Å². The van der Waals surface area contributed by atoms with Gasteiger partial charge in [-0.05, 0) is 98.8 Å². The molecule has 2 fully saturated rings. The first-order chi connectivity index (χ1) is 25.4. The van der Waals surface area contributed by atoms with Crippen LogP contribution in [0.4, 0.5) is 26.0 Å². The van der Waals surface area contributed by atoms with E-state index in [-0.39, 0.29) is 35.1 Å². The third-order valence-electron chi connectivity index (χ3n) is 8.47. The molecule has 3 aromatic rings. The number of benzene rings is 1. The number of imide groups is 1. The summed E-state index contributed by atoms with van der Waals surface area (Å²) in [7, 11) is -2.01. The van der Waals surface area contributed by atoms with Crippen molar-refractivity contribution in [1.29, 1.82) is 0 Å². The normalized spacial score (nSPS) is 18.8. The van der Waals surface area contributed by atoms with Gasteiger partial charge in [-0.25, -0.2) is 24.4 Å². The Bertz CT molecular complexity index is 1970. The number of ether oxygens (including phenoxy) is 3. The molecule has 2 aromatic heterocycles. The Labute approximate surface area is 321 Å². The highest BCUT2D eigenvalue weighted by Gasteiger charge is 2.45. The van der Waals surface area contributed by atoms with Crippen LogP contribution < -0.4 is 9.80 Å². The maximum Gasteiger partial charge on any atom is 0.425 e. The minimum Gasteiger partial charge on any atom is -0.444 e. The van der Waals surface area contributed by atoms with Crippen molar-refractivity contribution in [2.24, 2.45) is 11.8 Å². The Morgan fingerprint density at radius 1 is 0.836 bits per heavy atom. The van der Waals surface area contributed by atoms with Gasteiger partial charge in [0.2, 0.25) is 5.89 Å². The summed E-state index contributed by atoms with van der Waals surface area (Å²) < 4.78 is 52.1. The number of nitrogens with zero attached hydrogens (tertiary/aromatic N) is 7. The molecule has 0 bridgehead atoms. The Morgan fingerprint density at radius 2 is 1.40 bits per heavy atom. The maximum atomic E-state index is 13.7. The van der Waals surface area contributed by atoms with E-state index in [0.717, 1.165) is 18.2 Å². The van der Waals surface area contributed by atoms with E-state index in [1.807, 2.05) is 17.0 Å². The lowest BCUT2D eigenvalue weighted by Gasteiger charge is -2.28. The summed E-state index contributed by atoms with van der Waals surface area (Å²) in [6.07, 6.45) is 0.813. The van der Waals surface area contributed by atoms with Crippen molar-refractivity contribution < 1.29 is 45.6 Å². The van der Waals surface area contributed by atoms with E-state index in [4.69, 9.17) is 27.8 Å². The van der Waals surface area contributed by atoms with E-state index >= 15 is 0 Å². The smallest absolute Gasteiger partial charge is 0.425 e. The Balaban J connectivity index is 1.51. The van der Waals surface area contributed by atoms with E-state index in [1.165, 1.54) is 11.1 Å². The molecule has 0 spiro atoms. The zero-order valence-electron chi connectivity index (χ0n) is 33.3. The van der Waals surface area contributed by atoms with E-state index in [0.29, 0.717) is 42.3 Å². The molecule has 3 heterocycles. The molecule has 3 amide bonds.